The molecular formula is C33H36F4N4O4Si. The molecule has 3 heterocycles. The average molecular weight is 657 g/mol. The van der Waals surface area contributed by atoms with Gasteiger partial charge in [0.1, 0.15) is 35.3 Å². The molecule has 0 spiro atoms. The molecule has 4 aromatic rings. The monoisotopic (exact) mass is 656 g/mol. The molecule has 0 radical (unpaired) electrons. The number of carbonyl (C=O) groups excluding carboxylic acids is 1. The van der Waals surface area contributed by atoms with Crippen LogP contribution in [0.4, 0.5) is 17.6 Å². The molecule has 8 nitrogen and oxygen atoms in total. The largest absolute Gasteiger partial charge is 0.573 e. The predicted octanol–water partition coefficient (Wildman–Crippen LogP) is 7.44. The fourth-order valence-corrected chi connectivity index (χ4v) is 6.04. The van der Waals surface area contributed by atoms with Crippen molar-refractivity contribution < 1.29 is 36.6 Å². The van der Waals surface area contributed by atoms with Crippen LogP contribution in [0.3, 0.4) is 0 Å². The van der Waals surface area contributed by atoms with Gasteiger partial charge in [-0.3, -0.25) is 14.5 Å². The third-order valence-corrected chi connectivity index (χ3v) is 12.2. The van der Waals surface area contributed by atoms with Crippen LogP contribution in [0.2, 0.25) is 18.1 Å². The van der Waals surface area contributed by atoms with Gasteiger partial charge in [-0.25, -0.2) is 4.39 Å². The van der Waals surface area contributed by atoms with Gasteiger partial charge in [0.15, 0.2) is 8.32 Å². The number of aromatic nitrogens is 3. The minimum Gasteiger partial charge on any atom is -0.489 e. The highest BCUT2D eigenvalue weighted by Crippen LogP contribution is 2.41. The van der Waals surface area contributed by atoms with Crippen LogP contribution >= 0.6 is 0 Å². The zero-order chi connectivity index (χ0) is 33.3. The molecule has 0 atom stereocenters. The molecule has 0 saturated heterocycles. The van der Waals surface area contributed by atoms with E-state index in [1.54, 1.807) is 40.2 Å². The van der Waals surface area contributed by atoms with E-state index in [9.17, 15) is 22.8 Å². The Morgan fingerprint density at radius 1 is 0.978 bits per heavy atom. The molecular weight excluding hydrogens is 620 g/mol. The Labute approximate surface area is 265 Å². The van der Waals surface area contributed by atoms with Crippen LogP contribution in [0, 0.1) is 5.82 Å². The minimum absolute atomic E-state index is 0.0171. The molecule has 5 rings (SSSR count). The number of rotatable bonds is 11. The van der Waals surface area contributed by atoms with E-state index in [-0.39, 0.29) is 34.6 Å². The first-order valence-electron chi connectivity index (χ1n) is 14.9. The lowest BCUT2D eigenvalue weighted by atomic mass is 9.97. The van der Waals surface area contributed by atoms with Crippen molar-refractivity contribution >= 4 is 14.2 Å². The molecule has 2 aromatic carbocycles. The third kappa shape index (κ3) is 7.42. The summed E-state index contributed by atoms with van der Waals surface area (Å²) in [6.07, 6.45) is -0.0945. The number of pyridine rings is 1. The first-order valence-corrected chi connectivity index (χ1v) is 17.9. The molecule has 244 valence electrons. The van der Waals surface area contributed by atoms with Crippen molar-refractivity contribution in [2.45, 2.75) is 64.3 Å². The summed E-state index contributed by atoms with van der Waals surface area (Å²) in [5, 5.41) is 4.52. The first kappa shape index (κ1) is 33.1. The van der Waals surface area contributed by atoms with E-state index >= 15 is 4.39 Å². The molecule has 0 fully saturated rings. The Hall–Kier alpha value is -4.23. The molecule has 0 saturated carbocycles. The molecule has 1 aliphatic heterocycles. The summed E-state index contributed by atoms with van der Waals surface area (Å²) in [5.41, 5.74) is 2.54. The second kappa shape index (κ2) is 12.9. The standard InChI is InChI=1S/C33H36F4N4O4Si/c1-32(2,46(3,4)43)14-5-17-40-18-19-41-30(31(40)42)28(29(39-41)23-12-15-38-16-13-23)26-11-10-25(20-27(26)34)44-21-22-6-8-24(9-7-22)45-33(35,36)37/h6-13,15-16,20,43H,5,14,17-19,21H2,1-4H3. The van der Waals surface area contributed by atoms with Crippen molar-refractivity contribution in [1.82, 2.24) is 19.7 Å². The summed E-state index contributed by atoms with van der Waals surface area (Å²) >= 11 is 0. The van der Waals surface area contributed by atoms with Gasteiger partial charge >= 0.3 is 6.36 Å². The average Bonchev–Trinajstić information content (AvgIpc) is 3.37. The minimum atomic E-state index is -4.79. The second-order valence-electron chi connectivity index (χ2n) is 12.5. The van der Waals surface area contributed by atoms with Gasteiger partial charge in [-0.05, 0) is 72.9 Å². The van der Waals surface area contributed by atoms with Crippen molar-refractivity contribution in [3.63, 3.8) is 0 Å². The number of carbonyl (C=O) groups is 1. The molecule has 13 heteroatoms. The number of hydrogen-bond donors (Lipinski definition) is 1. The Morgan fingerprint density at radius 3 is 2.28 bits per heavy atom. The summed E-state index contributed by atoms with van der Waals surface area (Å²) in [6.45, 7) is 9.35. The van der Waals surface area contributed by atoms with Gasteiger partial charge in [0.05, 0.1) is 6.54 Å². The van der Waals surface area contributed by atoms with Gasteiger partial charge in [0.25, 0.3) is 5.91 Å². The topological polar surface area (TPSA) is 89.7 Å². The number of hydrogen-bond acceptors (Lipinski definition) is 6. The van der Waals surface area contributed by atoms with Gasteiger partial charge < -0.3 is 19.2 Å². The number of alkyl halides is 3. The highest BCUT2D eigenvalue weighted by Gasteiger charge is 2.38. The highest BCUT2D eigenvalue weighted by atomic mass is 28.4. The molecule has 1 aliphatic rings. The predicted molar refractivity (Wildman–Crippen MR) is 167 cm³/mol. The second-order valence-corrected chi connectivity index (χ2v) is 17.0. The first-order chi connectivity index (χ1) is 21.6. The van der Waals surface area contributed by atoms with Crippen molar-refractivity contribution in [3.8, 4) is 33.9 Å². The zero-order valence-corrected chi connectivity index (χ0v) is 27.1. The summed E-state index contributed by atoms with van der Waals surface area (Å²) < 4.78 is 64.5. The third-order valence-electron chi connectivity index (χ3n) is 8.64. The van der Waals surface area contributed by atoms with E-state index in [0.29, 0.717) is 47.7 Å². The maximum Gasteiger partial charge on any atom is 0.573 e. The summed E-state index contributed by atoms with van der Waals surface area (Å²) in [7, 11) is -2.40. The zero-order valence-electron chi connectivity index (χ0n) is 26.1. The van der Waals surface area contributed by atoms with E-state index in [0.717, 1.165) is 12.8 Å². The normalized spacial score (nSPS) is 13.9. The Kier molecular flexibility index (Phi) is 9.27. The van der Waals surface area contributed by atoms with Crippen LogP contribution in [0.25, 0.3) is 22.4 Å². The molecule has 1 amide bonds. The molecule has 46 heavy (non-hydrogen) atoms. The number of halogens is 4. The van der Waals surface area contributed by atoms with E-state index in [1.165, 1.54) is 36.4 Å². The summed E-state index contributed by atoms with van der Waals surface area (Å²) in [6, 6.07) is 13.0. The fraction of sp³-hybridized carbons (Fsp3) is 0.364. The molecule has 1 N–H and O–H groups in total. The number of ether oxygens (including phenoxy) is 2. The van der Waals surface area contributed by atoms with Crippen molar-refractivity contribution in [2.24, 2.45) is 0 Å². The maximum absolute atomic E-state index is 15.9. The molecule has 0 bridgehead atoms. The Bertz CT molecular complexity index is 1690. The maximum atomic E-state index is 15.9. The van der Waals surface area contributed by atoms with Gasteiger partial charge in [0, 0.05) is 48.2 Å². The Morgan fingerprint density at radius 2 is 1.65 bits per heavy atom. The molecule has 0 aliphatic carbocycles. The SMILES string of the molecule is CC(C)(CCCN1CCn2nc(-c3ccncc3)c(-c3ccc(OCc4ccc(OC(F)(F)F)cc4)cc3F)c2C1=O)[Si](C)(C)O. The van der Waals surface area contributed by atoms with Crippen LogP contribution in [0.15, 0.2) is 67.0 Å². The van der Waals surface area contributed by atoms with E-state index < -0.39 is 20.5 Å². The lowest BCUT2D eigenvalue weighted by Crippen LogP contribution is -2.42. The van der Waals surface area contributed by atoms with E-state index in [2.05, 4.69) is 23.6 Å². The van der Waals surface area contributed by atoms with Gasteiger partial charge in [-0.15, -0.1) is 13.2 Å². The van der Waals surface area contributed by atoms with Crippen LogP contribution < -0.4 is 9.47 Å². The molecule has 2 aromatic heterocycles. The number of fused-ring (bicyclic) bond motifs is 1. The lowest BCUT2D eigenvalue weighted by Gasteiger charge is -2.36. The fourth-order valence-electron chi connectivity index (χ4n) is 5.25. The van der Waals surface area contributed by atoms with E-state index in [4.69, 9.17) is 9.84 Å². The lowest BCUT2D eigenvalue weighted by molar-refractivity contribution is -0.274. The molecule has 0 unspecified atom stereocenters. The number of benzene rings is 2. The number of amides is 1. The number of nitrogens with zero attached hydrogens (tertiary/aromatic N) is 4. The van der Waals surface area contributed by atoms with Gasteiger partial charge in [-0.1, -0.05) is 26.0 Å². The Balaban J connectivity index is 1.39. The summed E-state index contributed by atoms with van der Waals surface area (Å²) in [5.74, 6) is -1.02. The van der Waals surface area contributed by atoms with Crippen molar-refractivity contribution in [3.05, 3.63) is 84.1 Å². The van der Waals surface area contributed by atoms with Crippen LogP contribution in [-0.4, -0.2) is 58.1 Å². The quantitative estimate of drug-likeness (QED) is 0.133. The van der Waals surface area contributed by atoms with Crippen LogP contribution in [-0.2, 0) is 13.2 Å². The smallest absolute Gasteiger partial charge is 0.489 e. The summed E-state index contributed by atoms with van der Waals surface area (Å²) in [4.78, 5) is 30.5. The van der Waals surface area contributed by atoms with Crippen LogP contribution in [0.5, 0.6) is 11.5 Å². The highest BCUT2D eigenvalue weighted by molar-refractivity contribution is 6.72. The van der Waals surface area contributed by atoms with Gasteiger partial charge in [-0.2, -0.15) is 5.10 Å². The van der Waals surface area contributed by atoms with Gasteiger partial charge in [0.2, 0.25) is 0 Å². The van der Waals surface area contributed by atoms with Crippen LogP contribution in [0.1, 0.15) is 42.7 Å². The van der Waals surface area contributed by atoms with Crippen molar-refractivity contribution in [1.29, 1.82) is 0 Å². The van der Waals surface area contributed by atoms with Crippen molar-refractivity contribution in [2.75, 3.05) is 13.1 Å². The van der Waals surface area contributed by atoms with E-state index in [1.807, 2.05) is 13.1 Å².